The van der Waals surface area contributed by atoms with E-state index in [0.29, 0.717) is 12.8 Å². The fourth-order valence-electron chi connectivity index (χ4n) is 2.13. The maximum atomic E-state index is 12.8. The van der Waals surface area contributed by atoms with Crippen LogP contribution < -0.4 is 0 Å². The molecule has 0 aliphatic heterocycles. The van der Waals surface area contributed by atoms with E-state index < -0.39 is 52.4 Å². The van der Waals surface area contributed by atoms with Gasteiger partial charge in [0.25, 0.3) is 10.1 Å². The topological polar surface area (TPSA) is 133 Å². The molecule has 168 valence electrons. The van der Waals surface area contributed by atoms with Gasteiger partial charge >= 0.3 is 36.8 Å². The average molecular weight is 442 g/mol. The molecule has 0 aliphatic rings. The number of unbranched alkanes of at least 4 members (excludes halogenated alkanes) is 1. The fourth-order valence-corrected chi connectivity index (χ4v) is 2.62. The second-order valence-corrected chi connectivity index (χ2v) is 8.44. The summed E-state index contributed by atoms with van der Waals surface area (Å²) in [5.41, 5.74) is -1.20. The van der Waals surface area contributed by atoms with Gasteiger partial charge in [0, 0.05) is 11.1 Å². The molecule has 0 saturated heterocycles. The first-order valence-electron chi connectivity index (χ1n) is 9.12. The summed E-state index contributed by atoms with van der Waals surface area (Å²) in [6, 6.07) is 0. The summed E-state index contributed by atoms with van der Waals surface area (Å²) in [5.74, 6) is -2.80. The van der Waals surface area contributed by atoms with Gasteiger partial charge in [0.15, 0.2) is 0 Å². The van der Waals surface area contributed by atoms with Gasteiger partial charge < -0.3 is 14.2 Å². The molecule has 9 nitrogen and oxygen atoms in total. The summed E-state index contributed by atoms with van der Waals surface area (Å²) in [5, 5.41) is 0. The van der Waals surface area contributed by atoms with Crippen molar-refractivity contribution in [2.24, 2.45) is 5.41 Å². The minimum absolute atomic E-state index is 0. The fraction of sp³-hybridized carbons (Fsp3) is 0.632. The Morgan fingerprint density at radius 2 is 1.40 bits per heavy atom. The van der Waals surface area contributed by atoms with Crippen LogP contribution in [0, 0.1) is 5.41 Å². The summed E-state index contributed by atoms with van der Waals surface area (Å²) in [4.78, 5) is 36.4. The minimum atomic E-state index is -4.18. The third-order valence-corrected chi connectivity index (χ3v) is 4.68. The van der Waals surface area contributed by atoms with Gasteiger partial charge in [-0.1, -0.05) is 32.9 Å². The number of carbonyl (C=O) groups is 3. The normalized spacial score (nSPS) is 11.1. The molecule has 0 atom stereocenters. The van der Waals surface area contributed by atoms with Crippen LogP contribution in [0.2, 0.25) is 0 Å². The van der Waals surface area contributed by atoms with Crippen molar-refractivity contribution >= 4 is 46.9 Å². The molecular weight excluding hydrogens is 411 g/mol. The van der Waals surface area contributed by atoms with E-state index >= 15 is 0 Å². The van der Waals surface area contributed by atoms with Crippen molar-refractivity contribution in [1.82, 2.24) is 0 Å². The van der Waals surface area contributed by atoms with Crippen molar-refractivity contribution in [2.45, 2.75) is 46.5 Å². The number of hydrogen-bond acceptors (Lipinski definition) is 8. The summed E-state index contributed by atoms with van der Waals surface area (Å²) in [7, 11) is -4.18. The second kappa shape index (κ2) is 14.4. The zero-order valence-electron chi connectivity index (χ0n) is 17.2. The van der Waals surface area contributed by atoms with Crippen molar-refractivity contribution in [2.75, 3.05) is 25.6 Å². The number of carbonyl (C=O) groups excluding carboxylic acids is 3. The zero-order valence-corrected chi connectivity index (χ0v) is 18.0. The van der Waals surface area contributed by atoms with E-state index in [1.54, 1.807) is 0 Å². The van der Waals surface area contributed by atoms with E-state index in [0.717, 1.165) is 0 Å². The summed E-state index contributed by atoms with van der Waals surface area (Å²) < 4.78 is 45.8. The van der Waals surface area contributed by atoms with Crippen molar-refractivity contribution in [3.63, 3.8) is 0 Å². The molecule has 11 heteroatoms. The first-order valence-corrected chi connectivity index (χ1v) is 10.7. The number of hydrogen-bond donors (Lipinski definition) is 1. The van der Waals surface area contributed by atoms with Crippen LogP contribution in [0.15, 0.2) is 24.3 Å². The molecule has 30 heavy (non-hydrogen) atoms. The molecule has 0 amide bonds. The molecule has 0 aromatic carbocycles. The second-order valence-electron chi connectivity index (χ2n) is 6.87. The third-order valence-electron chi connectivity index (χ3n) is 3.88. The summed E-state index contributed by atoms with van der Waals surface area (Å²) in [6.07, 6.45) is 1.34. The molecule has 0 spiro atoms. The third kappa shape index (κ3) is 12.2. The molecule has 0 bridgehead atoms. The molecule has 0 fully saturated rings. The van der Waals surface area contributed by atoms with Crippen LogP contribution >= 0.6 is 0 Å². The van der Waals surface area contributed by atoms with Gasteiger partial charge in [0.2, 0.25) is 0 Å². The van der Waals surface area contributed by atoms with Crippen molar-refractivity contribution < 1.29 is 41.6 Å². The Morgan fingerprint density at radius 1 is 0.933 bits per heavy atom. The standard InChI is InChI=1S/C19H30O9S.Li.H/c1-6-7-9-19(12-27-16(20)14(2)3,13-28-17(21)15(4)5)18(22)26-10-8-11-29(23,24)25;;/h2,4,6-13H2,1,3,5H3,(H,23,24,25);;. The SMILES string of the molecule is C=C(C)C(=O)OCC(CCCC)(COC(=O)C(=C)C)C(=O)OCCCS(=O)(=O)O.[LiH]. The Bertz CT molecular complexity index is 698. The van der Waals surface area contributed by atoms with Crippen LogP contribution in [-0.2, 0) is 38.7 Å². The van der Waals surface area contributed by atoms with E-state index in [-0.39, 0.29) is 49.5 Å². The Morgan fingerprint density at radius 3 is 1.77 bits per heavy atom. The van der Waals surface area contributed by atoms with E-state index in [1.807, 2.05) is 6.92 Å². The quantitative estimate of drug-likeness (QED) is 0.106. The van der Waals surface area contributed by atoms with Crippen LogP contribution in [0.1, 0.15) is 46.5 Å². The van der Waals surface area contributed by atoms with E-state index in [4.69, 9.17) is 18.8 Å². The molecule has 0 aliphatic carbocycles. The maximum absolute atomic E-state index is 12.8. The van der Waals surface area contributed by atoms with Gasteiger partial charge in [-0.2, -0.15) is 8.42 Å². The van der Waals surface area contributed by atoms with Crippen molar-refractivity contribution in [3.8, 4) is 0 Å². The zero-order chi connectivity index (χ0) is 22.7. The monoisotopic (exact) mass is 442 g/mol. The summed E-state index contributed by atoms with van der Waals surface area (Å²) >= 11 is 0. The predicted molar refractivity (Wildman–Crippen MR) is 113 cm³/mol. The molecule has 0 rings (SSSR count). The van der Waals surface area contributed by atoms with Gasteiger partial charge in [0.1, 0.15) is 18.6 Å². The van der Waals surface area contributed by atoms with Gasteiger partial charge in [-0.05, 0) is 26.7 Å². The molecule has 0 saturated carbocycles. The Labute approximate surface area is 190 Å². The van der Waals surface area contributed by atoms with E-state index in [2.05, 4.69) is 13.2 Å². The molecule has 0 heterocycles. The molecule has 0 unspecified atom stereocenters. The van der Waals surface area contributed by atoms with Crippen molar-refractivity contribution in [1.29, 1.82) is 0 Å². The van der Waals surface area contributed by atoms with Crippen molar-refractivity contribution in [3.05, 3.63) is 24.3 Å². The van der Waals surface area contributed by atoms with Crippen LogP contribution in [0.5, 0.6) is 0 Å². The van der Waals surface area contributed by atoms with Gasteiger partial charge in [-0.25, -0.2) is 9.59 Å². The first-order chi connectivity index (χ1) is 13.3. The van der Waals surface area contributed by atoms with Crippen LogP contribution in [0.25, 0.3) is 0 Å². The van der Waals surface area contributed by atoms with Gasteiger partial charge in [-0.15, -0.1) is 0 Å². The first kappa shape index (κ1) is 30.6. The van der Waals surface area contributed by atoms with E-state index in [9.17, 15) is 22.8 Å². The Balaban J connectivity index is 0. The molecular formula is C19H31LiO9S. The molecule has 1 N–H and O–H groups in total. The Kier molecular flexibility index (Phi) is 14.7. The molecule has 0 aromatic rings. The predicted octanol–water partition coefficient (Wildman–Crippen LogP) is 1.57. The Hall–Kier alpha value is -1.60. The average Bonchev–Trinajstić information content (AvgIpc) is 2.63. The number of rotatable bonds is 14. The van der Waals surface area contributed by atoms with E-state index in [1.165, 1.54) is 13.8 Å². The van der Waals surface area contributed by atoms with Crippen LogP contribution in [-0.4, -0.2) is 75.3 Å². The molecule has 0 aromatic heterocycles. The van der Waals surface area contributed by atoms with Crippen LogP contribution in [0.3, 0.4) is 0 Å². The molecule has 0 radical (unpaired) electrons. The number of ether oxygens (including phenoxy) is 3. The van der Waals surface area contributed by atoms with Gasteiger partial charge in [0.05, 0.1) is 12.4 Å². The summed E-state index contributed by atoms with van der Waals surface area (Å²) in [6.45, 7) is 10.7. The van der Waals surface area contributed by atoms with Crippen LogP contribution in [0.4, 0.5) is 0 Å². The number of esters is 3. The van der Waals surface area contributed by atoms with Gasteiger partial charge in [-0.3, -0.25) is 9.35 Å².